The number of halogens is 1. The zero-order chi connectivity index (χ0) is 26.6. The number of anilines is 1. The van der Waals surface area contributed by atoms with Gasteiger partial charge in [-0.1, -0.05) is 41.6 Å². The summed E-state index contributed by atoms with van der Waals surface area (Å²) in [5.41, 5.74) is 3.80. The molecule has 0 aliphatic carbocycles. The van der Waals surface area contributed by atoms with Crippen LogP contribution in [0.2, 0.25) is 5.02 Å². The molecular formula is C29H27ClN4O2S2. The lowest BCUT2D eigenvalue weighted by atomic mass is 10.0. The summed E-state index contributed by atoms with van der Waals surface area (Å²) < 4.78 is 6.32. The summed E-state index contributed by atoms with van der Waals surface area (Å²) in [5, 5.41) is 8.46. The minimum atomic E-state index is -0.259. The number of hydrogen-bond donors (Lipinski definition) is 2. The Morgan fingerprint density at radius 2 is 1.95 bits per heavy atom. The Bertz CT molecular complexity index is 1440. The van der Waals surface area contributed by atoms with Gasteiger partial charge in [-0.15, -0.1) is 0 Å². The second-order valence-corrected chi connectivity index (χ2v) is 11.1. The number of carbonyl (C=O) groups is 1. The molecule has 0 radical (unpaired) electrons. The van der Waals surface area contributed by atoms with Crippen molar-refractivity contribution >= 4 is 52.3 Å². The van der Waals surface area contributed by atoms with Crippen molar-refractivity contribution in [3.8, 4) is 0 Å². The number of amides is 1. The van der Waals surface area contributed by atoms with E-state index in [-0.39, 0.29) is 24.4 Å². The van der Waals surface area contributed by atoms with E-state index in [0.717, 1.165) is 38.3 Å². The number of rotatable bonds is 8. The van der Waals surface area contributed by atoms with Gasteiger partial charge in [0.1, 0.15) is 11.8 Å². The molecule has 1 saturated heterocycles. The van der Waals surface area contributed by atoms with Crippen LogP contribution in [0.25, 0.3) is 0 Å². The van der Waals surface area contributed by atoms with Crippen molar-refractivity contribution in [1.82, 2.24) is 15.2 Å². The van der Waals surface area contributed by atoms with Gasteiger partial charge in [-0.05, 0) is 91.8 Å². The Balaban J connectivity index is 1.36. The van der Waals surface area contributed by atoms with E-state index in [2.05, 4.69) is 15.6 Å². The first-order valence-corrected chi connectivity index (χ1v) is 13.9. The maximum Gasteiger partial charge on any atom is 0.226 e. The maximum absolute atomic E-state index is 12.9. The molecule has 9 heteroatoms. The second-order valence-electron chi connectivity index (χ2n) is 9.15. The Labute approximate surface area is 236 Å². The molecule has 1 aliphatic rings. The number of pyridine rings is 1. The van der Waals surface area contributed by atoms with E-state index in [4.69, 9.17) is 28.2 Å². The van der Waals surface area contributed by atoms with E-state index in [0.29, 0.717) is 16.7 Å². The fraction of sp³-hybridized carbons (Fsp3) is 0.207. The average molecular weight is 563 g/mol. The highest BCUT2D eigenvalue weighted by molar-refractivity contribution is 7.99. The molecule has 194 valence electrons. The minimum Gasteiger partial charge on any atom is -0.452 e. The Hall–Kier alpha value is -3.33. The van der Waals surface area contributed by atoms with E-state index < -0.39 is 0 Å². The topological polar surface area (TPSA) is 70.4 Å². The molecule has 0 unspecified atom stereocenters. The lowest BCUT2D eigenvalue weighted by molar-refractivity contribution is -0.116. The summed E-state index contributed by atoms with van der Waals surface area (Å²) in [6, 6.07) is 22.9. The van der Waals surface area contributed by atoms with Gasteiger partial charge in [0.05, 0.1) is 11.7 Å². The molecule has 1 amide bonds. The van der Waals surface area contributed by atoms with Crippen LogP contribution in [0.3, 0.4) is 0 Å². The molecule has 2 aromatic carbocycles. The molecule has 3 heterocycles. The van der Waals surface area contributed by atoms with Gasteiger partial charge in [-0.2, -0.15) is 0 Å². The molecule has 2 atom stereocenters. The van der Waals surface area contributed by atoms with E-state index in [1.807, 2.05) is 91.5 Å². The number of nitrogens with one attached hydrogen (secondary N) is 2. The first kappa shape index (κ1) is 26.3. The third-order valence-corrected chi connectivity index (χ3v) is 7.90. The summed E-state index contributed by atoms with van der Waals surface area (Å²) in [6.45, 7) is 4.42. The van der Waals surface area contributed by atoms with Crippen LogP contribution < -0.4 is 10.6 Å². The second kappa shape index (κ2) is 11.6. The molecule has 0 saturated carbocycles. The maximum atomic E-state index is 12.9. The quantitative estimate of drug-likeness (QED) is 0.222. The number of furan rings is 1. The van der Waals surface area contributed by atoms with Crippen LogP contribution in [0.4, 0.5) is 5.69 Å². The van der Waals surface area contributed by atoms with Gasteiger partial charge < -0.3 is 20.0 Å². The predicted octanol–water partition coefficient (Wildman–Crippen LogP) is 7.10. The standard InChI is InChI=1S/C29H27ClN4O2S2/c1-18-6-7-19(2)23(17-18)32-25(35)14-16-34-28(27(33-29(34)37)22-5-3-4-15-31-22)24-12-13-26(36-24)38-21-10-8-20(30)9-11-21/h3-13,15,17,27-28H,14,16H2,1-2H3,(H,32,35)(H,33,37)/t27-,28+/m0/s1. The summed E-state index contributed by atoms with van der Waals surface area (Å²) in [7, 11) is 0. The average Bonchev–Trinajstić information content (AvgIpc) is 3.50. The van der Waals surface area contributed by atoms with Gasteiger partial charge in [0.15, 0.2) is 10.2 Å². The first-order chi connectivity index (χ1) is 18.4. The summed E-state index contributed by atoms with van der Waals surface area (Å²) in [5.74, 6) is 0.680. The van der Waals surface area contributed by atoms with Crippen molar-refractivity contribution in [2.75, 3.05) is 11.9 Å². The Kier molecular flexibility index (Phi) is 8.02. The van der Waals surface area contributed by atoms with E-state index in [1.54, 1.807) is 6.20 Å². The lowest BCUT2D eigenvalue weighted by Gasteiger charge is -2.25. The summed E-state index contributed by atoms with van der Waals surface area (Å²) >= 11 is 13.3. The van der Waals surface area contributed by atoms with Crippen molar-refractivity contribution in [1.29, 1.82) is 0 Å². The van der Waals surface area contributed by atoms with Gasteiger partial charge in [-0.25, -0.2) is 0 Å². The fourth-order valence-electron chi connectivity index (χ4n) is 4.43. The molecule has 4 aromatic rings. The van der Waals surface area contributed by atoms with Crippen LogP contribution in [0.5, 0.6) is 0 Å². The van der Waals surface area contributed by atoms with E-state index in [9.17, 15) is 4.79 Å². The number of aryl methyl sites for hydroxylation is 2. The molecule has 1 fully saturated rings. The first-order valence-electron chi connectivity index (χ1n) is 12.3. The number of carbonyl (C=O) groups excluding carboxylic acids is 1. The molecule has 0 spiro atoms. The van der Waals surface area contributed by atoms with Gasteiger partial charge >= 0.3 is 0 Å². The minimum absolute atomic E-state index is 0.0695. The van der Waals surface area contributed by atoms with Crippen molar-refractivity contribution in [2.45, 2.75) is 42.3 Å². The van der Waals surface area contributed by atoms with E-state index >= 15 is 0 Å². The number of hydrogen-bond acceptors (Lipinski definition) is 5. The fourth-order valence-corrected chi connectivity index (χ4v) is 5.66. The number of benzene rings is 2. The van der Waals surface area contributed by atoms with Crippen LogP contribution in [0.15, 0.2) is 93.4 Å². The van der Waals surface area contributed by atoms with Gasteiger partial charge in [0.2, 0.25) is 5.91 Å². The molecule has 1 aliphatic heterocycles. The zero-order valence-electron chi connectivity index (χ0n) is 21.0. The Morgan fingerprint density at radius 1 is 1.13 bits per heavy atom. The monoisotopic (exact) mass is 562 g/mol. The number of nitrogens with zero attached hydrogens (tertiary/aromatic N) is 2. The number of thiocarbonyl (C=S) groups is 1. The molecule has 38 heavy (non-hydrogen) atoms. The van der Waals surface area contributed by atoms with Crippen LogP contribution >= 0.6 is 35.6 Å². The van der Waals surface area contributed by atoms with Crippen LogP contribution in [-0.4, -0.2) is 27.4 Å². The zero-order valence-corrected chi connectivity index (χ0v) is 23.4. The highest BCUT2D eigenvalue weighted by Gasteiger charge is 2.41. The van der Waals surface area contributed by atoms with Crippen LogP contribution in [-0.2, 0) is 4.79 Å². The lowest BCUT2D eigenvalue weighted by Crippen LogP contribution is -2.32. The van der Waals surface area contributed by atoms with Gasteiger partial charge in [0, 0.05) is 34.8 Å². The third kappa shape index (κ3) is 6.04. The molecule has 0 bridgehead atoms. The van der Waals surface area contributed by atoms with Crippen molar-refractivity contribution < 1.29 is 9.21 Å². The number of aromatic nitrogens is 1. The normalized spacial score (nSPS) is 16.9. The smallest absolute Gasteiger partial charge is 0.226 e. The largest absolute Gasteiger partial charge is 0.452 e. The van der Waals surface area contributed by atoms with Crippen molar-refractivity contribution in [3.05, 3.63) is 107 Å². The SMILES string of the molecule is Cc1ccc(C)c(NC(=O)CCN2C(=S)N[C@@H](c3ccccn3)[C@H]2c2ccc(Sc3ccc(Cl)cc3)o2)c1. The molecule has 2 aromatic heterocycles. The summed E-state index contributed by atoms with van der Waals surface area (Å²) in [4.78, 5) is 20.5. The van der Waals surface area contributed by atoms with Crippen molar-refractivity contribution in [3.63, 3.8) is 0 Å². The molecule has 2 N–H and O–H groups in total. The predicted molar refractivity (Wildman–Crippen MR) is 156 cm³/mol. The summed E-state index contributed by atoms with van der Waals surface area (Å²) in [6.07, 6.45) is 2.04. The van der Waals surface area contributed by atoms with Gasteiger partial charge in [-0.3, -0.25) is 9.78 Å². The molecular weight excluding hydrogens is 536 g/mol. The van der Waals surface area contributed by atoms with Crippen LogP contribution in [0.1, 0.15) is 41.1 Å². The highest BCUT2D eigenvalue weighted by atomic mass is 35.5. The molecule has 6 nitrogen and oxygen atoms in total. The molecule has 5 rings (SSSR count). The van der Waals surface area contributed by atoms with E-state index in [1.165, 1.54) is 11.8 Å². The van der Waals surface area contributed by atoms with Gasteiger partial charge in [0.25, 0.3) is 0 Å². The third-order valence-electron chi connectivity index (χ3n) is 6.37. The Morgan fingerprint density at radius 3 is 2.71 bits per heavy atom. The van der Waals surface area contributed by atoms with Crippen LogP contribution in [0, 0.1) is 13.8 Å². The van der Waals surface area contributed by atoms with Crippen molar-refractivity contribution in [2.24, 2.45) is 0 Å². The highest BCUT2D eigenvalue weighted by Crippen LogP contribution is 2.41.